The lowest BCUT2D eigenvalue weighted by Crippen LogP contribution is -2.39. The molecule has 3 aromatic heterocycles. The molecule has 1 saturated carbocycles. The molecule has 1 aromatic carbocycles. The summed E-state index contributed by atoms with van der Waals surface area (Å²) in [6, 6.07) is 14.2. The van der Waals surface area contributed by atoms with Gasteiger partial charge in [-0.1, -0.05) is 12.1 Å². The number of carbonyl (C=O) groups is 1. The molecule has 0 unspecified atom stereocenters. The van der Waals surface area contributed by atoms with Crippen molar-refractivity contribution in [3.63, 3.8) is 0 Å². The van der Waals surface area contributed by atoms with Crippen molar-refractivity contribution in [2.75, 3.05) is 5.32 Å². The molecule has 3 N–H and O–H groups in total. The first kappa shape index (κ1) is 18.3. The molecule has 4 aromatic rings. The van der Waals surface area contributed by atoms with E-state index in [1.54, 1.807) is 12.5 Å². The zero-order chi connectivity index (χ0) is 20.7. The lowest BCUT2D eigenvalue weighted by atomic mass is 9.80. The first-order chi connectivity index (χ1) is 14.6. The van der Waals surface area contributed by atoms with Gasteiger partial charge < -0.3 is 15.4 Å². The van der Waals surface area contributed by atoms with E-state index in [4.69, 9.17) is 5.11 Å². The highest BCUT2D eigenvalue weighted by Gasteiger charge is 2.34. The number of fused-ring (bicyclic) bond motifs is 1. The summed E-state index contributed by atoms with van der Waals surface area (Å²) in [5.74, 6) is -0.955. The number of nitrogens with zero attached hydrogens (tertiary/aromatic N) is 3. The average Bonchev–Trinajstić information content (AvgIpc) is 3.19. The number of rotatable bonds is 5. The fourth-order valence-corrected chi connectivity index (χ4v) is 3.92. The molecule has 0 atom stereocenters. The van der Waals surface area contributed by atoms with Crippen LogP contribution in [0.3, 0.4) is 0 Å². The van der Waals surface area contributed by atoms with Gasteiger partial charge in [0.25, 0.3) is 0 Å². The molecule has 7 nitrogen and oxygen atoms in total. The van der Waals surface area contributed by atoms with Crippen LogP contribution in [0.4, 0.5) is 5.69 Å². The second-order valence-corrected chi connectivity index (χ2v) is 7.77. The van der Waals surface area contributed by atoms with E-state index >= 15 is 0 Å². The molecule has 150 valence electrons. The summed E-state index contributed by atoms with van der Waals surface area (Å²) in [6.45, 7) is 1.97. The molecule has 5 rings (SSSR count). The van der Waals surface area contributed by atoms with Crippen LogP contribution in [0.15, 0.2) is 55.0 Å². The van der Waals surface area contributed by atoms with Gasteiger partial charge in [-0.15, -0.1) is 0 Å². The Morgan fingerprint density at radius 1 is 1.17 bits per heavy atom. The normalized spacial score (nSPS) is 18.2. The van der Waals surface area contributed by atoms with Crippen LogP contribution < -0.4 is 5.32 Å². The van der Waals surface area contributed by atoms with E-state index < -0.39 is 5.97 Å². The van der Waals surface area contributed by atoms with Crippen LogP contribution in [0.2, 0.25) is 0 Å². The third kappa shape index (κ3) is 3.39. The van der Waals surface area contributed by atoms with Crippen molar-refractivity contribution < 1.29 is 9.90 Å². The Labute approximate surface area is 173 Å². The van der Waals surface area contributed by atoms with Crippen molar-refractivity contribution in [3.8, 4) is 22.6 Å². The first-order valence-corrected chi connectivity index (χ1v) is 9.94. The van der Waals surface area contributed by atoms with E-state index in [1.165, 1.54) is 0 Å². The number of nitrogens with one attached hydrogen (secondary N) is 2. The Kier molecular flexibility index (Phi) is 4.43. The van der Waals surface area contributed by atoms with Crippen molar-refractivity contribution in [1.29, 1.82) is 0 Å². The maximum atomic E-state index is 11.0. The lowest BCUT2D eigenvalue weighted by Gasteiger charge is -2.33. The van der Waals surface area contributed by atoms with Crippen molar-refractivity contribution in [2.45, 2.75) is 25.8 Å². The van der Waals surface area contributed by atoms with Gasteiger partial charge in [0.15, 0.2) is 0 Å². The van der Waals surface area contributed by atoms with Gasteiger partial charge >= 0.3 is 5.97 Å². The van der Waals surface area contributed by atoms with Gasteiger partial charge in [-0.3, -0.25) is 14.8 Å². The minimum absolute atomic E-state index is 0.180. The number of aromatic amines is 1. The molecule has 7 heteroatoms. The highest BCUT2D eigenvalue weighted by Crippen LogP contribution is 2.33. The minimum atomic E-state index is -0.716. The first-order valence-electron chi connectivity index (χ1n) is 9.94. The molecule has 1 fully saturated rings. The third-order valence-electron chi connectivity index (χ3n) is 5.60. The predicted molar refractivity (Wildman–Crippen MR) is 115 cm³/mol. The second kappa shape index (κ2) is 7.26. The average molecular weight is 399 g/mol. The van der Waals surface area contributed by atoms with Gasteiger partial charge in [0, 0.05) is 22.7 Å². The zero-order valence-corrected chi connectivity index (χ0v) is 16.5. The van der Waals surface area contributed by atoms with E-state index in [2.05, 4.69) is 37.4 Å². The molecule has 0 bridgehead atoms. The Balaban J connectivity index is 1.44. The number of aryl methyl sites for hydroxylation is 1. The molecule has 0 aliphatic heterocycles. The largest absolute Gasteiger partial charge is 0.481 e. The maximum absolute atomic E-state index is 11.0. The third-order valence-corrected chi connectivity index (χ3v) is 5.60. The standard InChI is InChI=1S/C23H21N5O2/c1-13-3-2-4-20(27-13)22-21(25-12-26-22)14-5-6-19-15(7-14)8-18(11-24-19)28-17-9-16(10-17)23(29)30/h2-8,11-12,16-17,28H,9-10H2,1H3,(H,25,26)(H,29,30)/t16-,17-. The molecule has 0 saturated heterocycles. The molecule has 0 spiro atoms. The van der Waals surface area contributed by atoms with Gasteiger partial charge in [-0.05, 0) is 50.1 Å². The van der Waals surface area contributed by atoms with Crippen molar-refractivity contribution in [3.05, 3.63) is 60.7 Å². The van der Waals surface area contributed by atoms with Crippen LogP contribution in [0.1, 0.15) is 18.5 Å². The monoisotopic (exact) mass is 399 g/mol. The number of aromatic nitrogens is 4. The zero-order valence-electron chi connectivity index (χ0n) is 16.5. The van der Waals surface area contributed by atoms with E-state index in [-0.39, 0.29) is 12.0 Å². The van der Waals surface area contributed by atoms with Gasteiger partial charge in [0.2, 0.25) is 0 Å². The van der Waals surface area contributed by atoms with Crippen LogP contribution in [0, 0.1) is 12.8 Å². The number of hydrogen-bond acceptors (Lipinski definition) is 5. The number of hydrogen-bond donors (Lipinski definition) is 3. The van der Waals surface area contributed by atoms with Gasteiger partial charge in [-0.2, -0.15) is 0 Å². The maximum Gasteiger partial charge on any atom is 0.306 e. The van der Waals surface area contributed by atoms with Crippen molar-refractivity contribution in [1.82, 2.24) is 19.9 Å². The fraction of sp³-hybridized carbons (Fsp3) is 0.217. The molecule has 1 aliphatic carbocycles. The van der Waals surface area contributed by atoms with Crippen LogP contribution in [0.5, 0.6) is 0 Å². The molecular weight excluding hydrogens is 378 g/mol. The summed E-state index contributed by atoms with van der Waals surface area (Å²) in [6.07, 6.45) is 4.78. The summed E-state index contributed by atoms with van der Waals surface area (Å²) in [7, 11) is 0. The topological polar surface area (TPSA) is 104 Å². The summed E-state index contributed by atoms with van der Waals surface area (Å²) in [4.78, 5) is 27.9. The molecule has 0 radical (unpaired) electrons. The number of pyridine rings is 2. The Morgan fingerprint density at radius 3 is 2.83 bits per heavy atom. The van der Waals surface area contributed by atoms with Crippen LogP contribution in [-0.4, -0.2) is 37.1 Å². The number of carboxylic acid groups (broad SMARTS) is 1. The lowest BCUT2D eigenvalue weighted by molar-refractivity contribution is -0.144. The second-order valence-electron chi connectivity index (χ2n) is 7.77. The van der Waals surface area contributed by atoms with Crippen LogP contribution in [-0.2, 0) is 4.79 Å². The molecule has 30 heavy (non-hydrogen) atoms. The SMILES string of the molecule is Cc1cccc(-c2[nH]cnc2-c2ccc3ncc(N[C@H]4C[C@H](C(=O)O)C4)cc3c2)n1. The van der Waals surface area contributed by atoms with Crippen molar-refractivity contribution >= 4 is 22.6 Å². The number of aliphatic carboxylic acids is 1. The Morgan fingerprint density at radius 2 is 2.03 bits per heavy atom. The van der Waals surface area contributed by atoms with Crippen LogP contribution in [0.25, 0.3) is 33.5 Å². The number of anilines is 1. The van der Waals surface area contributed by atoms with E-state index in [0.29, 0.717) is 12.8 Å². The molecule has 1 aliphatic rings. The highest BCUT2D eigenvalue weighted by atomic mass is 16.4. The fourth-order valence-electron chi connectivity index (χ4n) is 3.92. The summed E-state index contributed by atoms with van der Waals surface area (Å²) >= 11 is 0. The predicted octanol–water partition coefficient (Wildman–Crippen LogP) is 4.27. The van der Waals surface area contributed by atoms with Gasteiger partial charge in [-0.25, -0.2) is 4.98 Å². The number of imidazole rings is 1. The number of benzene rings is 1. The quantitative estimate of drug-likeness (QED) is 0.463. The van der Waals surface area contributed by atoms with E-state index in [1.807, 2.05) is 37.3 Å². The van der Waals surface area contributed by atoms with Crippen molar-refractivity contribution in [2.24, 2.45) is 5.92 Å². The Hall–Kier alpha value is -3.74. The molecule has 3 heterocycles. The summed E-state index contributed by atoms with van der Waals surface area (Å²) in [5, 5.41) is 13.4. The molecular formula is C23H21N5O2. The summed E-state index contributed by atoms with van der Waals surface area (Å²) < 4.78 is 0. The summed E-state index contributed by atoms with van der Waals surface area (Å²) in [5.41, 5.74) is 6.31. The van der Waals surface area contributed by atoms with E-state index in [0.717, 1.165) is 44.9 Å². The highest BCUT2D eigenvalue weighted by molar-refractivity contribution is 5.88. The van der Waals surface area contributed by atoms with Gasteiger partial charge in [0.05, 0.1) is 46.7 Å². The smallest absolute Gasteiger partial charge is 0.306 e. The number of carboxylic acids is 1. The van der Waals surface area contributed by atoms with Gasteiger partial charge in [0.1, 0.15) is 0 Å². The number of H-pyrrole nitrogens is 1. The Bertz CT molecular complexity index is 1240. The minimum Gasteiger partial charge on any atom is -0.481 e. The van der Waals surface area contributed by atoms with Crippen LogP contribution >= 0.6 is 0 Å². The van der Waals surface area contributed by atoms with E-state index in [9.17, 15) is 4.79 Å². The molecule has 0 amide bonds.